The van der Waals surface area contributed by atoms with Gasteiger partial charge in [-0.1, -0.05) is 42.5 Å². The summed E-state index contributed by atoms with van der Waals surface area (Å²) in [6.07, 6.45) is 6.37. The molecular formula is C21H18N4OS. The number of β-amino-alcohol motifs (C(OH)–C–C–N with tert-alkyl or cyclic N) is 1. The molecule has 0 saturated carbocycles. The van der Waals surface area contributed by atoms with Crippen LogP contribution in [0.3, 0.4) is 0 Å². The monoisotopic (exact) mass is 374 g/mol. The SMILES string of the molecule is OC1(c2cccs2)CNC1C1=NC2=CC=NN=C(c3ccccc3)C2=CC1. The smallest absolute Gasteiger partial charge is 0.132 e. The maximum Gasteiger partial charge on any atom is 0.132 e. The Balaban J connectivity index is 1.47. The molecule has 2 unspecified atom stereocenters. The lowest BCUT2D eigenvalue weighted by molar-refractivity contribution is -0.0353. The summed E-state index contributed by atoms with van der Waals surface area (Å²) in [5, 5.41) is 25.0. The number of rotatable bonds is 3. The zero-order valence-corrected chi connectivity index (χ0v) is 15.4. The average molecular weight is 374 g/mol. The van der Waals surface area contributed by atoms with Crippen LogP contribution in [0.25, 0.3) is 0 Å². The Morgan fingerprint density at radius 1 is 1.15 bits per heavy atom. The lowest BCUT2D eigenvalue weighted by atomic mass is 9.79. The normalized spacial score (nSPS) is 26.8. The summed E-state index contributed by atoms with van der Waals surface area (Å²) in [4.78, 5) is 5.86. The van der Waals surface area contributed by atoms with Gasteiger partial charge in [-0.05, 0) is 17.5 Å². The van der Waals surface area contributed by atoms with E-state index in [-0.39, 0.29) is 6.04 Å². The topological polar surface area (TPSA) is 69.3 Å². The van der Waals surface area contributed by atoms with Gasteiger partial charge in [-0.15, -0.1) is 16.4 Å². The minimum atomic E-state index is -0.881. The molecule has 27 heavy (non-hydrogen) atoms. The Bertz CT molecular complexity index is 1020. The van der Waals surface area contributed by atoms with Crippen LogP contribution < -0.4 is 5.32 Å². The number of aliphatic hydroxyl groups is 1. The summed E-state index contributed by atoms with van der Waals surface area (Å²) >= 11 is 1.58. The van der Waals surface area contributed by atoms with Crippen molar-refractivity contribution in [2.24, 2.45) is 15.2 Å². The van der Waals surface area contributed by atoms with Crippen LogP contribution in [-0.2, 0) is 5.60 Å². The third-order valence-electron chi connectivity index (χ3n) is 5.15. The molecule has 0 amide bonds. The number of fused-ring (bicyclic) bond motifs is 1. The largest absolute Gasteiger partial charge is 0.381 e. The molecule has 0 bridgehead atoms. The molecule has 6 heteroatoms. The molecule has 2 aromatic rings. The highest BCUT2D eigenvalue weighted by Crippen LogP contribution is 2.37. The van der Waals surface area contributed by atoms with Crippen LogP contribution in [0.4, 0.5) is 0 Å². The van der Waals surface area contributed by atoms with Crippen LogP contribution >= 0.6 is 11.3 Å². The van der Waals surface area contributed by atoms with Crippen molar-refractivity contribution in [3.05, 3.63) is 81.7 Å². The summed E-state index contributed by atoms with van der Waals surface area (Å²) in [6.45, 7) is 0.547. The Labute approximate surface area is 161 Å². The molecule has 1 fully saturated rings. The Kier molecular flexibility index (Phi) is 3.97. The highest BCUT2D eigenvalue weighted by Gasteiger charge is 2.50. The molecular weight excluding hydrogens is 356 g/mol. The first kappa shape index (κ1) is 16.5. The standard InChI is InChI=1S/C21H18N4OS/c26-21(18-7-4-12-27-18)13-22-20(21)17-9-8-15-16(24-17)10-11-23-25-19(15)14-5-2-1-3-6-14/h1-8,10-12,20,22,26H,9,13H2. The highest BCUT2D eigenvalue weighted by atomic mass is 32.1. The van der Waals surface area contributed by atoms with Gasteiger partial charge in [0.15, 0.2) is 0 Å². The molecule has 5 rings (SSSR count). The van der Waals surface area contributed by atoms with Crippen molar-refractivity contribution in [3.63, 3.8) is 0 Å². The molecule has 1 saturated heterocycles. The van der Waals surface area contributed by atoms with Gasteiger partial charge in [0, 0.05) is 34.7 Å². The fraction of sp³-hybridized carbons (Fsp3) is 0.190. The molecule has 0 radical (unpaired) electrons. The van der Waals surface area contributed by atoms with E-state index in [1.165, 1.54) is 0 Å². The van der Waals surface area contributed by atoms with Gasteiger partial charge in [-0.25, -0.2) is 0 Å². The Morgan fingerprint density at radius 2 is 2.04 bits per heavy atom. The number of hydrogen-bond donors (Lipinski definition) is 2. The molecule has 3 aliphatic heterocycles. The summed E-state index contributed by atoms with van der Waals surface area (Å²) in [7, 11) is 0. The summed E-state index contributed by atoms with van der Waals surface area (Å²) < 4.78 is 0. The van der Waals surface area contributed by atoms with E-state index in [0.717, 1.165) is 33.1 Å². The van der Waals surface area contributed by atoms with Crippen molar-refractivity contribution < 1.29 is 5.11 Å². The summed E-state index contributed by atoms with van der Waals surface area (Å²) in [5.74, 6) is 0. The zero-order valence-electron chi connectivity index (χ0n) is 14.5. The quantitative estimate of drug-likeness (QED) is 0.867. The average Bonchev–Trinajstić information content (AvgIpc) is 3.15. The molecule has 2 N–H and O–H groups in total. The van der Waals surface area contributed by atoms with Crippen molar-refractivity contribution in [2.75, 3.05) is 6.54 Å². The minimum Gasteiger partial charge on any atom is -0.381 e. The van der Waals surface area contributed by atoms with Gasteiger partial charge in [-0.2, -0.15) is 5.10 Å². The van der Waals surface area contributed by atoms with Crippen molar-refractivity contribution in [2.45, 2.75) is 18.1 Å². The minimum absolute atomic E-state index is 0.174. The summed E-state index contributed by atoms with van der Waals surface area (Å²) in [5.41, 5.74) is 3.73. The van der Waals surface area contributed by atoms with Crippen molar-refractivity contribution in [1.82, 2.24) is 5.32 Å². The number of thiophene rings is 1. The molecule has 4 heterocycles. The Hall–Kier alpha value is -2.67. The number of allylic oxidation sites excluding steroid dienone is 3. The third kappa shape index (κ3) is 2.73. The van der Waals surface area contributed by atoms with E-state index < -0.39 is 5.60 Å². The second-order valence-corrected chi connectivity index (χ2v) is 7.72. The number of aliphatic imine (C=N–C) groups is 1. The lowest BCUT2D eigenvalue weighted by Gasteiger charge is -2.46. The van der Waals surface area contributed by atoms with Gasteiger partial charge < -0.3 is 10.4 Å². The van der Waals surface area contributed by atoms with E-state index >= 15 is 0 Å². The third-order valence-corrected chi connectivity index (χ3v) is 6.19. The number of nitrogens with one attached hydrogen (secondary N) is 1. The van der Waals surface area contributed by atoms with E-state index in [0.29, 0.717) is 13.0 Å². The second kappa shape index (κ2) is 6.49. The number of nitrogens with zero attached hydrogens (tertiary/aromatic N) is 3. The zero-order chi connectivity index (χ0) is 18.3. The van der Waals surface area contributed by atoms with E-state index in [4.69, 9.17) is 4.99 Å². The van der Waals surface area contributed by atoms with Crippen molar-refractivity contribution >= 4 is 29.0 Å². The molecule has 0 spiro atoms. The molecule has 3 aliphatic rings. The molecule has 134 valence electrons. The first-order chi connectivity index (χ1) is 13.3. The van der Waals surface area contributed by atoms with Gasteiger partial charge >= 0.3 is 0 Å². The van der Waals surface area contributed by atoms with Crippen molar-refractivity contribution in [3.8, 4) is 0 Å². The lowest BCUT2D eigenvalue weighted by Crippen LogP contribution is -2.68. The van der Waals surface area contributed by atoms with Crippen LogP contribution in [0, 0.1) is 0 Å². The van der Waals surface area contributed by atoms with E-state index in [2.05, 4.69) is 21.6 Å². The second-order valence-electron chi connectivity index (χ2n) is 6.77. The van der Waals surface area contributed by atoms with Crippen molar-refractivity contribution in [1.29, 1.82) is 0 Å². The predicted molar refractivity (Wildman–Crippen MR) is 110 cm³/mol. The summed E-state index contributed by atoms with van der Waals surface area (Å²) in [6, 6.07) is 13.8. The van der Waals surface area contributed by atoms with E-state index in [1.54, 1.807) is 17.6 Å². The molecule has 1 aromatic heterocycles. The maximum atomic E-state index is 11.1. The van der Waals surface area contributed by atoms with Crippen LogP contribution in [0.15, 0.2) is 86.5 Å². The predicted octanol–water partition coefficient (Wildman–Crippen LogP) is 3.05. The van der Waals surface area contributed by atoms with Crippen LogP contribution in [0.5, 0.6) is 0 Å². The van der Waals surface area contributed by atoms with E-state index in [1.807, 2.05) is 53.9 Å². The number of dihydropyridines is 1. The molecule has 0 aliphatic carbocycles. The fourth-order valence-electron chi connectivity index (χ4n) is 3.70. The van der Waals surface area contributed by atoms with Crippen LogP contribution in [0.1, 0.15) is 16.9 Å². The molecule has 1 aromatic carbocycles. The molecule has 5 nitrogen and oxygen atoms in total. The van der Waals surface area contributed by atoms with Gasteiger partial charge in [0.25, 0.3) is 0 Å². The number of benzene rings is 1. The van der Waals surface area contributed by atoms with Crippen LogP contribution in [-0.4, -0.2) is 35.3 Å². The van der Waals surface area contributed by atoms with Gasteiger partial charge in [-0.3, -0.25) is 4.99 Å². The van der Waals surface area contributed by atoms with E-state index in [9.17, 15) is 5.11 Å². The molecule has 2 atom stereocenters. The number of hydrogen-bond acceptors (Lipinski definition) is 6. The first-order valence-electron chi connectivity index (χ1n) is 8.90. The maximum absolute atomic E-state index is 11.1. The fourth-order valence-corrected chi connectivity index (χ4v) is 4.56. The highest BCUT2D eigenvalue weighted by molar-refractivity contribution is 7.10. The first-order valence-corrected chi connectivity index (χ1v) is 9.78. The van der Waals surface area contributed by atoms with Gasteiger partial charge in [0.2, 0.25) is 0 Å². The van der Waals surface area contributed by atoms with Gasteiger partial charge in [0.1, 0.15) is 11.3 Å². The Morgan fingerprint density at radius 3 is 2.78 bits per heavy atom. The van der Waals surface area contributed by atoms with Gasteiger partial charge in [0.05, 0.1) is 18.0 Å². The van der Waals surface area contributed by atoms with Crippen LogP contribution in [0.2, 0.25) is 0 Å².